The van der Waals surface area contributed by atoms with Crippen molar-refractivity contribution in [2.24, 2.45) is 7.05 Å². The predicted molar refractivity (Wildman–Crippen MR) is 47.5 cm³/mol. The summed E-state index contributed by atoms with van der Waals surface area (Å²) in [7, 11) is 1.77. The number of H-pyrrole nitrogens is 1. The Morgan fingerprint density at radius 3 is 2.85 bits per heavy atom. The van der Waals surface area contributed by atoms with E-state index >= 15 is 0 Å². The number of carbonyl (C=O) groups is 1. The fraction of sp³-hybridized carbons (Fsp3) is 0.556. The van der Waals surface area contributed by atoms with E-state index in [1.54, 1.807) is 11.6 Å². The molecular weight excluding hydrogens is 168 g/mol. The van der Waals surface area contributed by atoms with Crippen molar-refractivity contribution in [3.8, 4) is 0 Å². The summed E-state index contributed by atoms with van der Waals surface area (Å²) in [6, 6.07) is 0. The fourth-order valence-electron chi connectivity index (χ4n) is 1.28. The lowest BCUT2D eigenvalue weighted by Gasteiger charge is -1.93. The molecule has 0 fully saturated rings. The highest BCUT2D eigenvalue weighted by molar-refractivity contribution is 5.83. The van der Waals surface area contributed by atoms with Gasteiger partial charge in [0.1, 0.15) is 6.20 Å². The van der Waals surface area contributed by atoms with Gasteiger partial charge in [0.05, 0.1) is 7.05 Å². The monoisotopic (exact) mass is 183 g/mol. The van der Waals surface area contributed by atoms with E-state index in [0.29, 0.717) is 5.69 Å². The Morgan fingerprint density at radius 2 is 2.38 bits per heavy atom. The molecule has 0 saturated heterocycles. The maximum absolute atomic E-state index is 10.7. The number of carboxylic acid groups (broad SMARTS) is 1. The fourth-order valence-corrected chi connectivity index (χ4v) is 1.28. The number of nitrogens with one attached hydrogen (secondary N) is 1. The first-order valence-electron chi connectivity index (χ1n) is 4.46. The summed E-state index contributed by atoms with van der Waals surface area (Å²) >= 11 is 0. The van der Waals surface area contributed by atoms with Crippen LogP contribution >= 0.6 is 0 Å². The lowest BCUT2D eigenvalue weighted by molar-refractivity contribution is -0.680. The molecule has 0 aromatic carbocycles. The zero-order chi connectivity index (χ0) is 9.84. The molecule has 2 N–H and O–H groups in total. The Morgan fingerprint density at radius 1 is 1.69 bits per heavy atom. The van der Waals surface area contributed by atoms with Crippen LogP contribution in [0.3, 0.4) is 0 Å². The van der Waals surface area contributed by atoms with Gasteiger partial charge in [-0.25, -0.2) is 14.3 Å². The minimum Gasteiger partial charge on any atom is -0.475 e. The summed E-state index contributed by atoms with van der Waals surface area (Å²) in [6.45, 7) is 2.11. The predicted octanol–water partition coefficient (Wildman–Crippen LogP) is 0.880. The van der Waals surface area contributed by atoms with Crippen LogP contribution in [0.2, 0.25) is 0 Å². The first-order chi connectivity index (χ1) is 6.16. The molecule has 1 heterocycles. The van der Waals surface area contributed by atoms with Crippen LogP contribution in [0.4, 0.5) is 0 Å². The van der Waals surface area contributed by atoms with Gasteiger partial charge in [0.25, 0.3) is 11.5 Å². The summed E-state index contributed by atoms with van der Waals surface area (Å²) < 4.78 is 1.69. The average molecular weight is 183 g/mol. The first kappa shape index (κ1) is 9.77. The molecule has 0 amide bonds. The van der Waals surface area contributed by atoms with Crippen LogP contribution < -0.4 is 4.57 Å². The number of hydrogen-bond donors (Lipinski definition) is 2. The third-order valence-corrected chi connectivity index (χ3v) is 2.13. The molecular formula is C9H15N2O2+. The van der Waals surface area contributed by atoms with Gasteiger partial charge >= 0.3 is 5.97 Å². The van der Waals surface area contributed by atoms with Gasteiger partial charge in [0, 0.05) is 6.42 Å². The molecule has 0 aliphatic carbocycles. The topological polar surface area (TPSA) is 57.0 Å². The van der Waals surface area contributed by atoms with Crippen LogP contribution in [0.15, 0.2) is 6.20 Å². The van der Waals surface area contributed by atoms with Crippen LogP contribution in [-0.2, 0) is 13.5 Å². The van der Waals surface area contributed by atoms with Crippen LogP contribution in [-0.4, -0.2) is 16.1 Å². The molecule has 0 atom stereocenters. The van der Waals surface area contributed by atoms with Crippen molar-refractivity contribution in [3.05, 3.63) is 17.7 Å². The quantitative estimate of drug-likeness (QED) is 0.681. The van der Waals surface area contributed by atoms with E-state index in [9.17, 15) is 4.79 Å². The Balaban J connectivity index is 2.80. The van der Waals surface area contributed by atoms with Crippen molar-refractivity contribution >= 4 is 5.97 Å². The van der Waals surface area contributed by atoms with Crippen molar-refractivity contribution in [1.29, 1.82) is 0 Å². The molecule has 0 aliphatic rings. The summed E-state index contributed by atoms with van der Waals surface area (Å²) in [5.74, 6) is 0.0840. The maximum Gasteiger partial charge on any atom is 0.379 e. The van der Waals surface area contributed by atoms with Crippen molar-refractivity contribution in [3.63, 3.8) is 0 Å². The number of nitrogens with zero attached hydrogens (tertiary/aromatic N) is 1. The van der Waals surface area contributed by atoms with E-state index in [0.717, 1.165) is 25.1 Å². The molecule has 1 aromatic rings. The highest BCUT2D eigenvalue weighted by Crippen LogP contribution is 1.99. The second-order valence-electron chi connectivity index (χ2n) is 3.09. The number of rotatable bonds is 4. The standard InChI is InChI=1S/C9H14N2O2/c1-3-4-5-8-10-6-7(9(12)13)11(8)2/h6H,3-5H2,1-2H3,(H,12,13)/p+1. The molecule has 1 aromatic heterocycles. The normalized spacial score (nSPS) is 10.3. The third-order valence-electron chi connectivity index (χ3n) is 2.13. The number of hydrogen-bond acceptors (Lipinski definition) is 1. The van der Waals surface area contributed by atoms with Crippen LogP contribution in [0, 0.1) is 0 Å². The van der Waals surface area contributed by atoms with E-state index in [1.165, 1.54) is 6.20 Å². The van der Waals surface area contributed by atoms with Gasteiger partial charge in [-0.2, -0.15) is 0 Å². The molecule has 0 bridgehead atoms. The molecule has 0 spiro atoms. The SMILES string of the molecule is CCCCc1[nH]cc(C(=O)O)[n+]1C. The molecule has 4 nitrogen and oxygen atoms in total. The Labute approximate surface area is 77.2 Å². The van der Waals surface area contributed by atoms with Crippen LogP contribution in [0.1, 0.15) is 36.1 Å². The van der Waals surface area contributed by atoms with Gasteiger partial charge in [-0.3, -0.25) is 0 Å². The molecule has 1 rings (SSSR count). The van der Waals surface area contributed by atoms with Crippen molar-refractivity contribution in [2.45, 2.75) is 26.2 Å². The zero-order valence-electron chi connectivity index (χ0n) is 8.00. The van der Waals surface area contributed by atoms with Crippen LogP contribution in [0.25, 0.3) is 0 Å². The van der Waals surface area contributed by atoms with Gasteiger partial charge in [-0.05, 0) is 6.42 Å². The van der Waals surface area contributed by atoms with E-state index < -0.39 is 5.97 Å². The molecule has 0 aliphatic heterocycles. The number of aromatic amines is 1. The molecule has 0 unspecified atom stereocenters. The van der Waals surface area contributed by atoms with E-state index in [4.69, 9.17) is 5.11 Å². The van der Waals surface area contributed by atoms with Crippen molar-refractivity contribution < 1.29 is 14.5 Å². The minimum atomic E-state index is -0.888. The van der Waals surface area contributed by atoms with Gasteiger partial charge in [0.2, 0.25) is 0 Å². The minimum absolute atomic E-state index is 0.311. The number of aromatic nitrogens is 2. The number of imidazole rings is 1. The van der Waals surface area contributed by atoms with E-state index in [-0.39, 0.29) is 0 Å². The smallest absolute Gasteiger partial charge is 0.379 e. The van der Waals surface area contributed by atoms with Gasteiger partial charge in [0.15, 0.2) is 0 Å². The number of carboxylic acids is 1. The Hall–Kier alpha value is -1.32. The third kappa shape index (κ3) is 2.08. The maximum atomic E-state index is 10.7. The summed E-state index contributed by atoms with van der Waals surface area (Å²) in [6.07, 6.45) is 4.63. The van der Waals surface area contributed by atoms with E-state index in [2.05, 4.69) is 11.9 Å². The number of unbranched alkanes of at least 4 members (excludes halogenated alkanes) is 1. The van der Waals surface area contributed by atoms with E-state index in [1.807, 2.05) is 0 Å². The first-order valence-corrected chi connectivity index (χ1v) is 4.46. The van der Waals surface area contributed by atoms with Crippen molar-refractivity contribution in [1.82, 2.24) is 4.98 Å². The molecule has 0 radical (unpaired) electrons. The lowest BCUT2D eigenvalue weighted by Crippen LogP contribution is -2.37. The zero-order valence-corrected chi connectivity index (χ0v) is 8.00. The molecule has 13 heavy (non-hydrogen) atoms. The Kier molecular flexibility index (Phi) is 3.06. The largest absolute Gasteiger partial charge is 0.475 e. The molecule has 4 heteroatoms. The molecule has 0 saturated carbocycles. The summed E-state index contributed by atoms with van der Waals surface area (Å²) in [5.41, 5.74) is 0.311. The second-order valence-corrected chi connectivity index (χ2v) is 3.09. The van der Waals surface area contributed by atoms with Gasteiger partial charge in [-0.15, -0.1) is 0 Å². The molecule has 72 valence electrons. The van der Waals surface area contributed by atoms with Gasteiger partial charge in [-0.1, -0.05) is 13.3 Å². The summed E-state index contributed by atoms with van der Waals surface area (Å²) in [5, 5.41) is 8.76. The summed E-state index contributed by atoms with van der Waals surface area (Å²) in [4.78, 5) is 13.6. The highest BCUT2D eigenvalue weighted by atomic mass is 16.4. The number of aromatic carboxylic acids is 1. The highest BCUT2D eigenvalue weighted by Gasteiger charge is 2.18. The van der Waals surface area contributed by atoms with Gasteiger partial charge < -0.3 is 5.11 Å². The second kappa shape index (κ2) is 4.07. The van der Waals surface area contributed by atoms with Crippen molar-refractivity contribution in [2.75, 3.05) is 0 Å². The lowest BCUT2D eigenvalue weighted by atomic mass is 10.2. The van der Waals surface area contributed by atoms with Crippen LogP contribution in [0.5, 0.6) is 0 Å². The Bertz CT molecular complexity index is 305. The average Bonchev–Trinajstić information content (AvgIpc) is 2.43. The number of aryl methyl sites for hydroxylation is 1.